The van der Waals surface area contributed by atoms with Crippen molar-refractivity contribution in [1.82, 2.24) is 0 Å². The predicted molar refractivity (Wildman–Crippen MR) is 67.7 cm³/mol. The van der Waals surface area contributed by atoms with E-state index in [2.05, 4.69) is 50.7 Å². The fraction of sp³-hybridized carbons (Fsp3) is 0.400. The van der Waals surface area contributed by atoms with E-state index in [1.807, 2.05) is 12.1 Å². The molecule has 0 amide bonds. The first kappa shape index (κ1) is 11.3. The molecule has 0 saturated heterocycles. The van der Waals surface area contributed by atoms with E-state index in [9.17, 15) is 0 Å². The number of alkyl halides is 1. The van der Waals surface area contributed by atoms with Crippen LogP contribution >= 0.6 is 38.5 Å². The molecule has 0 atom stereocenters. The van der Waals surface area contributed by atoms with Crippen LogP contribution in [-0.4, -0.2) is 11.9 Å². The maximum atomic E-state index is 5.56. The molecule has 1 aromatic rings. The van der Waals surface area contributed by atoms with E-state index in [-0.39, 0.29) is 0 Å². The lowest BCUT2D eigenvalue weighted by molar-refractivity contribution is 0.310. The van der Waals surface area contributed by atoms with Crippen LogP contribution in [0.2, 0.25) is 0 Å². The van der Waals surface area contributed by atoms with Gasteiger partial charge in [0.2, 0.25) is 0 Å². The first-order valence-corrected chi connectivity index (χ1v) is 6.47. The maximum Gasteiger partial charge on any atom is 0.120 e. The summed E-state index contributed by atoms with van der Waals surface area (Å²) in [7, 11) is 0. The molecule has 0 spiro atoms. The second kappa shape index (κ2) is 6.65. The molecule has 13 heavy (non-hydrogen) atoms. The molecule has 72 valence electrons. The van der Waals surface area contributed by atoms with Gasteiger partial charge < -0.3 is 4.74 Å². The monoisotopic (exact) mass is 354 g/mol. The zero-order valence-electron chi connectivity index (χ0n) is 7.30. The number of unbranched alkanes of at least 4 members (excludes halogenated alkanes) is 1. The van der Waals surface area contributed by atoms with E-state index in [1.54, 1.807) is 0 Å². The van der Waals surface area contributed by atoms with Gasteiger partial charge in [-0.3, -0.25) is 0 Å². The lowest BCUT2D eigenvalue weighted by Crippen LogP contribution is -1.97. The summed E-state index contributed by atoms with van der Waals surface area (Å²) in [5.74, 6) is 0.974. The third-order valence-corrected chi connectivity index (χ3v) is 2.82. The first-order chi connectivity index (χ1) is 6.33. The molecule has 0 bridgehead atoms. The molecule has 0 fully saturated rings. The van der Waals surface area contributed by atoms with Crippen LogP contribution < -0.4 is 4.74 Å². The predicted octanol–water partition coefficient (Wildman–Crippen LogP) is 3.85. The van der Waals surface area contributed by atoms with E-state index in [0.29, 0.717) is 0 Å². The van der Waals surface area contributed by atoms with Crippen molar-refractivity contribution in [2.24, 2.45) is 0 Å². The highest BCUT2D eigenvalue weighted by atomic mass is 127. The summed E-state index contributed by atoms with van der Waals surface area (Å²) in [4.78, 5) is 0. The highest BCUT2D eigenvalue weighted by Gasteiger charge is 1.93. The lowest BCUT2D eigenvalue weighted by Gasteiger charge is -2.05. The van der Waals surface area contributed by atoms with Crippen molar-refractivity contribution in [3.63, 3.8) is 0 Å². The van der Waals surface area contributed by atoms with Crippen LogP contribution in [0.1, 0.15) is 12.8 Å². The van der Waals surface area contributed by atoms with Gasteiger partial charge in [0, 0.05) is 8.90 Å². The van der Waals surface area contributed by atoms with E-state index in [1.165, 1.54) is 9.99 Å². The summed E-state index contributed by atoms with van der Waals surface area (Å²) >= 11 is 5.68. The first-order valence-electron chi connectivity index (χ1n) is 4.27. The van der Waals surface area contributed by atoms with Crippen molar-refractivity contribution < 1.29 is 4.74 Å². The van der Waals surface area contributed by atoms with Gasteiger partial charge in [-0.2, -0.15) is 0 Å². The highest BCUT2D eigenvalue weighted by Crippen LogP contribution is 2.14. The molecule has 0 saturated carbocycles. The topological polar surface area (TPSA) is 9.23 Å². The molecule has 0 aliphatic carbocycles. The molecule has 3 heteroatoms. The zero-order valence-corrected chi connectivity index (χ0v) is 11.0. The Labute approximate surface area is 101 Å². The van der Waals surface area contributed by atoms with Crippen LogP contribution in [0, 0.1) is 3.57 Å². The normalized spacial score (nSPS) is 10.0. The average molecular weight is 355 g/mol. The Kier molecular flexibility index (Phi) is 5.78. The van der Waals surface area contributed by atoms with Crippen LogP contribution in [0.15, 0.2) is 24.3 Å². The Morgan fingerprint density at radius 2 is 2.15 bits per heavy atom. The van der Waals surface area contributed by atoms with Crippen LogP contribution in [0.4, 0.5) is 0 Å². The minimum atomic E-state index is 0.811. The minimum absolute atomic E-state index is 0.811. The van der Waals surface area contributed by atoms with E-state index >= 15 is 0 Å². The van der Waals surface area contributed by atoms with Gasteiger partial charge in [0.1, 0.15) is 5.75 Å². The van der Waals surface area contributed by atoms with Crippen molar-refractivity contribution in [2.45, 2.75) is 12.8 Å². The summed E-state index contributed by atoms with van der Waals surface area (Å²) in [5.41, 5.74) is 0. The summed E-state index contributed by atoms with van der Waals surface area (Å²) in [6.45, 7) is 0.811. The molecule has 0 aliphatic heterocycles. The second-order valence-corrected chi connectivity index (χ2v) is 4.74. The fourth-order valence-corrected chi connectivity index (χ4v) is 1.85. The molecule has 0 aliphatic rings. The quantitative estimate of drug-likeness (QED) is 0.443. The van der Waals surface area contributed by atoms with Gasteiger partial charge in [-0.05, 0) is 53.6 Å². The molecular formula is C10H12BrIO. The molecular weight excluding hydrogens is 343 g/mol. The number of rotatable bonds is 5. The number of halogens is 2. The Balaban J connectivity index is 2.28. The summed E-state index contributed by atoms with van der Waals surface area (Å²) < 4.78 is 6.78. The van der Waals surface area contributed by atoms with Gasteiger partial charge in [-0.15, -0.1) is 0 Å². The van der Waals surface area contributed by atoms with Crippen LogP contribution in [0.3, 0.4) is 0 Å². The molecule has 1 aromatic carbocycles. The SMILES string of the molecule is BrCCCCOc1cccc(I)c1. The van der Waals surface area contributed by atoms with Gasteiger partial charge in [-0.1, -0.05) is 22.0 Å². The smallest absolute Gasteiger partial charge is 0.120 e. The van der Waals surface area contributed by atoms with Gasteiger partial charge in [0.25, 0.3) is 0 Å². The standard InChI is InChI=1S/C10H12BrIO/c11-6-1-2-7-13-10-5-3-4-9(12)8-10/h3-5,8H,1-2,6-7H2. The second-order valence-electron chi connectivity index (χ2n) is 2.70. The van der Waals surface area contributed by atoms with Crippen molar-refractivity contribution >= 4 is 38.5 Å². The Morgan fingerprint density at radius 1 is 1.31 bits per heavy atom. The number of benzene rings is 1. The van der Waals surface area contributed by atoms with Gasteiger partial charge in [-0.25, -0.2) is 0 Å². The van der Waals surface area contributed by atoms with Gasteiger partial charge >= 0.3 is 0 Å². The third kappa shape index (κ3) is 4.86. The van der Waals surface area contributed by atoms with Crippen molar-refractivity contribution in [2.75, 3.05) is 11.9 Å². The molecule has 0 heterocycles. The Morgan fingerprint density at radius 3 is 2.85 bits per heavy atom. The molecule has 0 N–H and O–H groups in total. The molecule has 1 nitrogen and oxygen atoms in total. The highest BCUT2D eigenvalue weighted by molar-refractivity contribution is 14.1. The van der Waals surface area contributed by atoms with Crippen molar-refractivity contribution in [1.29, 1.82) is 0 Å². The Hall–Kier alpha value is 0.230. The zero-order chi connectivity index (χ0) is 9.52. The fourth-order valence-electron chi connectivity index (χ4n) is 0.943. The van der Waals surface area contributed by atoms with E-state index in [4.69, 9.17) is 4.74 Å². The van der Waals surface area contributed by atoms with Crippen molar-refractivity contribution in [3.05, 3.63) is 27.8 Å². The largest absolute Gasteiger partial charge is 0.494 e. The summed E-state index contributed by atoms with van der Waals surface area (Å²) in [6.07, 6.45) is 2.28. The van der Waals surface area contributed by atoms with Crippen LogP contribution in [-0.2, 0) is 0 Å². The molecule has 1 rings (SSSR count). The summed E-state index contributed by atoms with van der Waals surface area (Å²) in [6, 6.07) is 8.12. The van der Waals surface area contributed by atoms with Crippen LogP contribution in [0.25, 0.3) is 0 Å². The number of hydrogen-bond acceptors (Lipinski definition) is 1. The maximum absolute atomic E-state index is 5.56. The number of hydrogen-bond donors (Lipinski definition) is 0. The van der Waals surface area contributed by atoms with Crippen molar-refractivity contribution in [3.8, 4) is 5.75 Å². The average Bonchev–Trinajstić information content (AvgIpc) is 2.13. The minimum Gasteiger partial charge on any atom is -0.494 e. The molecule has 0 unspecified atom stereocenters. The van der Waals surface area contributed by atoms with Gasteiger partial charge in [0.15, 0.2) is 0 Å². The van der Waals surface area contributed by atoms with Crippen LogP contribution in [0.5, 0.6) is 5.75 Å². The third-order valence-electron chi connectivity index (χ3n) is 1.59. The molecule has 0 aromatic heterocycles. The van der Waals surface area contributed by atoms with Gasteiger partial charge in [0.05, 0.1) is 6.61 Å². The number of ether oxygens (including phenoxy) is 1. The van der Waals surface area contributed by atoms with E-state index in [0.717, 1.165) is 24.1 Å². The Bertz CT molecular complexity index is 252. The molecule has 0 radical (unpaired) electrons. The lowest BCUT2D eigenvalue weighted by atomic mass is 10.3. The van der Waals surface area contributed by atoms with E-state index < -0.39 is 0 Å². The summed E-state index contributed by atoms with van der Waals surface area (Å²) in [5, 5.41) is 1.06.